The molecular formula is C23H12BrCl4IN2O2. The van der Waals surface area contributed by atoms with Gasteiger partial charge in [0.1, 0.15) is 24.0 Å². The Kier molecular flexibility index (Phi) is 9.34. The van der Waals surface area contributed by atoms with Crippen molar-refractivity contribution < 1.29 is 9.53 Å². The maximum Gasteiger partial charge on any atom is 0.266 e. The van der Waals surface area contributed by atoms with Crippen LogP contribution < -0.4 is 10.1 Å². The van der Waals surface area contributed by atoms with E-state index >= 15 is 0 Å². The van der Waals surface area contributed by atoms with Crippen LogP contribution in [0.5, 0.6) is 5.75 Å². The number of benzene rings is 3. The van der Waals surface area contributed by atoms with Crippen LogP contribution in [0.25, 0.3) is 6.08 Å². The van der Waals surface area contributed by atoms with Crippen LogP contribution in [0.1, 0.15) is 11.1 Å². The summed E-state index contributed by atoms with van der Waals surface area (Å²) < 4.78 is 7.39. The lowest BCUT2D eigenvalue weighted by atomic mass is 10.1. The number of ether oxygens (including phenoxy) is 1. The van der Waals surface area contributed by atoms with Gasteiger partial charge >= 0.3 is 0 Å². The minimum absolute atomic E-state index is 0.0757. The maximum absolute atomic E-state index is 12.6. The molecular weight excluding hydrogens is 685 g/mol. The molecule has 0 saturated heterocycles. The molecule has 0 saturated carbocycles. The van der Waals surface area contributed by atoms with Crippen LogP contribution in [0, 0.1) is 14.9 Å². The molecule has 0 aliphatic carbocycles. The molecule has 10 heteroatoms. The number of nitrogens with zero attached hydrogens (tertiary/aromatic N) is 1. The molecule has 0 fully saturated rings. The Labute approximate surface area is 232 Å². The van der Waals surface area contributed by atoms with E-state index in [1.165, 1.54) is 12.1 Å². The molecule has 1 amide bonds. The van der Waals surface area contributed by atoms with Crippen LogP contribution in [-0.4, -0.2) is 5.91 Å². The van der Waals surface area contributed by atoms with E-state index < -0.39 is 5.91 Å². The van der Waals surface area contributed by atoms with Crippen LogP contribution in [0.4, 0.5) is 5.69 Å². The number of hydrogen-bond acceptors (Lipinski definition) is 3. The van der Waals surface area contributed by atoms with Crippen LogP contribution in [0.3, 0.4) is 0 Å². The average Bonchev–Trinajstić information content (AvgIpc) is 2.76. The fraction of sp³-hybridized carbons (Fsp3) is 0.0435. The van der Waals surface area contributed by atoms with Crippen LogP contribution in [-0.2, 0) is 11.4 Å². The number of carbonyl (C=O) groups excluding carboxylic acids is 1. The first-order chi connectivity index (χ1) is 15.7. The summed E-state index contributed by atoms with van der Waals surface area (Å²) in [5.41, 5.74) is 1.86. The second-order valence-electron chi connectivity index (χ2n) is 6.60. The Hall–Kier alpha value is -1.47. The van der Waals surface area contributed by atoms with Crippen LogP contribution in [0.2, 0.25) is 20.1 Å². The van der Waals surface area contributed by atoms with Crippen molar-refractivity contribution in [3.05, 3.63) is 93.4 Å². The number of anilines is 1. The van der Waals surface area contributed by atoms with E-state index in [2.05, 4.69) is 43.8 Å². The SMILES string of the molecule is N#C/C(=C\c1cc(Br)c(OCc2ccc(Cl)c(Cl)c2)c(I)c1)C(=O)Nc1ccc(Cl)c(Cl)c1. The normalized spacial score (nSPS) is 11.1. The third kappa shape index (κ3) is 7.01. The van der Waals surface area contributed by atoms with Gasteiger partial charge in [0.2, 0.25) is 0 Å². The quantitative estimate of drug-likeness (QED) is 0.159. The highest BCUT2D eigenvalue weighted by molar-refractivity contribution is 14.1. The van der Waals surface area contributed by atoms with Gasteiger partial charge in [-0.05, 0) is 98.2 Å². The number of carbonyl (C=O) groups is 1. The van der Waals surface area contributed by atoms with Crippen molar-refractivity contribution in [2.24, 2.45) is 0 Å². The summed E-state index contributed by atoms with van der Waals surface area (Å²) in [6, 6.07) is 15.4. The van der Waals surface area contributed by atoms with E-state index in [1.807, 2.05) is 12.1 Å². The molecule has 0 spiro atoms. The lowest BCUT2D eigenvalue weighted by Gasteiger charge is -2.12. The van der Waals surface area contributed by atoms with E-state index in [0.717, 1.165) is 9.13 Å². The highest BCUT2D eigenvalue weighted by Gasteiger charge is 2.14. The molecule has 0 atom stereocenters. The molecule has 3 rings (SSSR count). The maximum atomic E-state index is 12.6. The Morgan fingerprint density at radius 1 is 1.03 bits per heavy atom. The van der Waals surface area contributed by atoms with E-state index in [9.17, 15) is 10.1 Å². The Bertz CT molecular complexity index is 1290. The summed E-state index contributed by atoms with van der Waals surface area (Å²) in [6.07, 6.45) is 1.49. The van der Waals surface area contributed by atoms with Crippen molar-refractivity contribution in [1.29, 1.82) is 5.26 Å². The number of amides is 1. The van der Waals surface area contributed by atoms with Gasteiger partial charge < -0.3 is 10.1 Å². The number of rotatable bonds is 6. The topological polar surface area (TPSA) is 62.1 Å². The van der Waals surface area contributed by atoms with Crippen LogP contribution in [0.15, 0.2) is 58.6 Å². The van der Waals surface area contributed by atoms with E-state index in [1.54, 1.807) is 36.4 Å². The minimum atomic E-state index is -0.568. The summed E-state index contributed by atoms with van der Waals surface area (Å²) in [4.78, 5) is 12.6. The monoisotopic (exact) mass is 694 g/mol. The molecule has 3 aromatic rings. The molecule has 0 bridgehead atoms. The zero-order valence-corrected chi connectivity index (χ0v) is 23.2. The second kappa shape index (κ2) is 11.8. The lowest BCUT2D eigenvalue weighted by molar-refractivity contribution is -0.112. The zero-order valence-electron chi connectivity index (χ0n) is 16.4. The highest BCUT2D eigenvalue weighted by atomic mass is 127. The van der Waals surface area contributed by atoms with Gasteiger partial charge in [0.25, 0.3) is 5.91 Å². The van der Waals surface area contributed by atoms with Gasteiger partial charge in [-0.2, -0.15) is 5.26 Å². The molecule has 0 aliphatic rings. The molecule has 0 aliphatic heterocycles. The van der Waals surface area contributed by atoms with Gasteiger partial charge in [0, 0.05) is 5.69 Å². The highest BCUT2D eigenvalue weighted by Crippen LogP contribution is 2.34. The molecule has 168 valence electrons. The number of nitrogens with one attached hydrogen (secondary N) is 1. The van der Waals surface area contributed by atoms with Gasteiger partial charge in [0.05, 0.1) is 28.1 Å². The Morgan fingerprint density at radius 3 is 2.30 bits per heavy atom. The molecule has 0 unspecified atom stereocenters. The predicted octanol–water partition coefficient (Wildman–Crippen LogP) is 8.79. The average molecular weight is 697 g/mol. The van der Waals surface area contributed by atoms with Crippen molar-refractivity contribution in [3.8, 4) is 11.8 Å². The van der Waals surface area contributed by atoms with Crippen molar-refractivity contribution in [2.75, 3.05) is 5.32 Å². The Balaban J connectivity index is 1.77. The van der Waals surface area contributed by atoms with Gasteiger partial charge in [-0.1, -0.05) is 52.5 Å². The van der Waals surface area contributed by atoms with Crippen LogP contribution >= 0.6 is 84.9 Å². The lowest BCUT2D eigenvalue weighted by Crippen LogP contribution is -2.13. The molecule has 0 heterocycles. The number of halogens is 6. The standard InChI is InChI=1S/C23H12BrCl4IN2O2/c24-16-6-13(5-14(10-30)23(32)31-15-2-4-18(26)20(28)9-15)8-21(29)22(16)33-11-12-1-3-17(25)19(27)7-12/h1-9H,11H2,(H,31,32)/b14-5+. The fourth-order valence-electron chi connectivity index (χ4n) is 2.67. The van der Waals surface area contributed by atoms with Gasteiger partial charge in [-0.15, -0.1) is 0 Å². The molecule has 0 aromatic heterocycles. The second-order valence-corrected chi connectivity index (χ2v) is 10.2. The summed E-state index contributed by atoms with van der Waals surface area (Å²) >= 11 is 29.5. The summed E-state index contributed by atoms with van der Waals surface area (Å²) in [5.74, 6) is 0.0551. The molecule has 0 radical (unpaired) electrons. The van der Waals surface area contributed by atoms with Gasteiger partial charge in [0.15, 0.2) is 0 Å². The van der Waals surface area contributed by atoms with Crippen molar-refractivity contribution in [3.63, 3.8) is 0 Å². The third-order valence-electron chi connectivity index (χ3n) is 4.24. The first-order valence-electron chi connectivity index (χ1n) is 9.12. The van der Waals surface area contributed by atoms with Gasteiger partial charge in [-0.3, -0.25) is 4.79 Å². The Morgan fingerprint density at radius 2 is 1.70 bits per heavy atom. The first-order valence-corrected chi connectivity index (χ1v) is 12.5. The molecule has 1 N–H and O–H groups in total. The largest absolute Gasteiger partial charge is 0.487 e. The molecule has 3 aromatic carbocycles. The predicted molar refractivity (Wildman–Crippen MR) is 146 cm³/mol. The molecule has 33 heavy (non-hydrogen) atoms. The third-order valence-corrected chi connectivity index (χ3v) is 7.11. The van der Waals surface area contributed by atoms with Crippen molar-refractivity contribution in [2.45, 2.75) is 6.61 Å². The smallest absolute Gasteiger partial charge is 0.266 e. The number of nitriles is 1. The van der Waals surface area contributed by atoms with E-state index in [4.69, 9.17) is 51.1 Å². The summed E-state index contributed by atoms with van der Waals surface area (Å²) in [7, 11) is 0. The first kappa shape index (κ1) is 26.1. The van der Waals surface area contributed by atoms with Gasteiger partial charge in [-0.25, -0.2) is 0 Å². The number of hydrogen-bond donors (Lipinski definition) is 1. The minimum Gasteiger partial charge on any atom is -0.487 e. The summed E-state index contributed by atoms with van der Waals surface area (Å²) in [5, 5.41) is 13.7. The van der Waals surface area contributed by atoms with Crippen molar-refractivity contribution in [1.82, 2.24) is 0 Å². The summed E-state index contributed by atoms with van der Waals surface area (Å²) in [6.45, 7) is 0.288. The van der Waals surface area contributed by atoms with E-state index in [0.29, 0.717) is 41.6 Å². The zero-order chi connectivity index (χ0) is 24.1. The van der Waals surface area contributed by atoms with E-state index in [-0.39, 0.29) is 12.2 Å². The van der Waals surface area contributed by atoms with Crippen molar-refractivity contribution >= 4 is 103 Å². The fourth-order valence-corrected chi connectivity index (χ4v) is 5.06. The molecule has 4 nitrogen and oxygen atoms in total.